The van der Waals surface area contributed by atoms with Gasteiger partial charge in [0, 0.05) is 33.0 Å². The van der Waals surface area contributed by atoms with E-state index >= 15 is 0 Å². The van der Waals surface area contributed by atoms with E-state index in [4.69, 9.17) is 66.7 Å². The van der Waals surface area contributed by atoms with Gasteiger partial charge in [0.25, 0.3) is 0 Å². The summed E-state index contributed by atoms with van der Waals surface area (Å²) < 4.78 is 78.1. The molecule has 11 N–H and O–H groups in total. The minimum atomic E-state index is -1.57. The number of rotatable bonds is 35. The SMILES string of the molecule is COC1C(C)OC(COC(C)(C)OCC(O)CCCCC(O)COCC2OC(C)C(NC(C)=O)C(O)C2OC2OC(C=O)C(C)C(O)C2O)C(OC2OC(COC(C)(C)OCC(O)CCCCC(O)CO)C(C)C(O)C2OC)C1O. The Labute approximate surface area is 470 Å². The van der Waals surface area contributed by atoms with Crippen LogP contribution in [-0.2, 0) is 71.2 Å². The van der Waals surface area contributed by atoms with Gasteiger partial charge in [0.05, 0.1) is 107 Å². The number of ether oxygens (including phenoxy) is 13. The number of aldehydes is 1. The quantitative estimate of drug-likeness (QED) is 0.0200. The average molecular weight is 1160 g/mol. The largest absolute Gasteiger partial charge is 0.394 e. The van der Waals surface area contributed by atoms with Crippen molar-refractivity contribution in [3.63, 3.8) is 0 Å². The fourth-order valence-corrected chi connectivity index (χ4v) is 10.3. The van der Waals surface area contributed by atoms with Crippen molar-refractivity contribution in [1.29, 1.82) is 0 Å². The molecular weight excluding hydrogens is 1060 g/mol. The van der Waals surface area contributed by atoms with Crippen LogP contribution in [0.5, 0.6) is 0 Å². The zero-order chi connectivity index (χ0) is 59.6. The summed E-state index contributed by atoms with van der Waals surface area (Å²) in [5.74, 6) is -4.10. The van der Waals surface area contributed by atoms with Gasteiger partial charge in [-0.3, -0.25) is 4.79 Å². The second-order valence-electron chi connectivity index (χ2n) is 22.9. The Morgan fingerprint density at radius 3 is 1.56 bits per heavy atom. The third kappa shape index (κ3) is 21.3. The smallest absolute Gasteiger partial charge is 0.217 e. The second-order valence-corrected chi connectivity index (χ2v) is 22.9. The standard InChI is InChI=1S/C54H99NO25/c1-28-37(21-57)77-51(45(66)42(28)63)79-48-39(75-30(3)41(44(48)65)55-32(5)58)25-70-22-34(60)17-14-15-19-36(62)24-72-54(8,9)74-27-40-49(46(67)47(68-10)31(4)76-40)80-52-50(69-11)43(64)29(2)38(78-52)26-73-53(6,7)71-23-35(61)18-13-12-16-33(59)20-56/h21,28-31,33-52,56,59-67H,12-20,22-27H2,1-11H3,(H,55,58). The van der Waals surface area contributed by atoms with Crippen molar-refractivity contribution in [2.24, 2.45) is 11.8 Å². The van der Waals surface area contributed by atoms with Crippen LogP contribution in [0.2, 0.25) is 0 Å². The van der Waals surface area contributed by atoms with Gasteiger partial charge in [0.15, 0.2) is 24.2 Å². The predicted molar refractivity (Wildman–Crippen MR) is 280 cm³/mol. The van der Waals surface area contributed by atoms with Gasteiger partial charge in [-0.15, -0.1) is 0 Å². The van der Waals surface area contributed by atoms with E-state index in [9.17, 15) is 55.5 Å². The van der Waals surface area contributed by atoms with E-state index in [0.717, 1.165) is 0 Å². The van der Waals surface area contributed by atoms with Crippen LogP contribution >= 0.6 is 0 Å². The topological polar surface area (TPSA) is 368 Å². The first kappa shape index (κ1) is 70.7. The zero-order valence-electron chi connectivity index (χ0n) is 48.6. The van der Waals surface area contributed by atoms with Crippen molar-refractivity contribution in [2.45, 2.75) is 260 Å². The monoisotopic (exact) mass is 1160 g/mol. The Bertz CT molecular complexity index is 1760. The van der Waals surface area contributed by atoms with Crippen LogP contribution in [0.4, 0.5) is 0 Å². The molecule has 0 aromatic heterocycles. The molecule has 80 heavy (non-hydrogen) atoms. The highest BCUT2D eigenvalue weighted by atomic mass is 16.8. The van der Waals surface area contributed by atoms with Crippen molar-refractivity contribution < 1.29 is 122 Å². The molecule has 0 aliphatic carbocycles. The minimum absolute atomic E-state index is 0.0163. The molecule has 4 saturated heterocycles. The molecule has 0 aromatic carbocycles. The number of hydrogen-bond donors (Lipinski definition) is 11. The molecule has 0 aromatic rings. The number of nitrogens with one attached hydrogen (secondary N) is 1. The molecule has 24 unspecified atom stereocenters. The fourth-order valence-electron chi connectivity index (χ4n) is 10.3. The highest BCUT2D eigenvalue weighted by molar-refractivity contribution is 5.73. The number of aliphatic hydroxyl groups excluding tert-OH is 10. The van der Waals surface area contributed by atoms with E-state index in [1.54, 1.807) is 48.5 Å². The molecule has 4 aliphatic rings. The van der Waals surface area contributed by atoms with Crippen molar-refractivity contribution in [3.8, 4) is 0 Å². The van der Waals surface area contributed by atoms with Crippen LogP contribution in [0.15, 0.2) is 0 Å². The number of amides is 1. The third-order valence-corrected chi connectivity index (χ3v) is 15.4. The summed E-state index contributed by atoms with van der Waals surface area (Å²) in [6, 6.07) is -0.922. The van der Waals surface area contributed by atoms with Crippen LogP contribution in [0, 0.1) is 11.8 Å². The van der Waals surface area contributed by atoms with Crippen molar-refractivity contribution in [3.05, 3.63) is 0 Å². The summed E-state index contributed by atoms with van der Waals surface area (Å²) in [4.78, 5) is 23.6. The number of carbonyl (C=O) groups is 2. The maximum Gasteiger partial charge on any atom is 0.217 e. The molecule has 470 valence electrons. The van der Waals surface area contributed by atoms with Gasteiger partial charge < -0.3 is 123 Å². The van der Waals surface area contributed by atoms with Gasteiger partial charge in [-0.1, -0.05) is 39.5 Å². The predicted octanol–water partition coefficient (Wildman–Crippen LogP) is -1.30. The van der Waals surface area contributed by atoms with E-state index in [2.05, 4.69) is 5.32 Å². The molecule has 24 atom stereocenters. The van der Waals surface area contributed by atoms with Crippen LogP contribution in [0.3, 0.4) is 0 Å². The molecular formula is C54H99NO25. The van der Waals surface area contributed by atoms with Crippen LogP contribution in [0.25, 0.3) is 0 Å². The molecule has 26 heteroatoms. The minimum Gasteiger partial charge on any atom is -0.394 e. The number of carbonyl (C=O) groups excluding carboxylic acids is 2. The fraction of sp³-hybridized carbons (Fsp3) is 0.963. The maximum absolute atomic E-state index is 12.0. The number of hydrogen-bond acceptors (Lipinski definition) is 25. The van der Waals surface area contributed by atoms with Crippen molar-refractivity contribution in [2.75, 3.05) is 60.5 Å². The summed E-state index contributed by atoms with van der Waals surface area (Å²) in [5, 5.41) is 109. The van der Waals surface area contributed by atoms with Crippen molar-refractivity contribution >= 4 is 12.2 Å². The summed E-state index contributed by atoms with van der Waals surface area (Å²) in [5.41, 5.74) is 0. The third-order valence-electron chi connectivity index (χ3n) is 15.4. The first-order chi connectivity index (χ1) is 37.7. The highest BCUT2D eigenvalue weighted by Crippen LogP contribution is 2.35. The van der Waals surface area contributed by atoms with Gasteiger partial charge in [0.1, 0.15) is 67.3 Å². The van der Waals surface area contributed by atoms with E-state index in [1.807, 2.05) is 0 Å². The lowest BCUT2D eigenvalue weighted by atomic mass is 9.90. The zero-order valence-corrected chi connectivity index (χ0v) is 48.6. The van der Waals surface area contributed by atoms with Gasteiger partial charge in [-0.05, 0) is 67.2 Å². The molecule has 26 nitrogen and oxygen atoms in total. The number of unbranched alkanes of at least 4 members (excludes halogenated alkanes) is 2. The summed E-state index contributed by atoms with van der Waals surface area (Å²) >= 11 is 0. The number of aliphatic hydroxyl groups is 10. The lowest BCUT2D eigenvalue weighted by Crippen LogP contribution is -2.66. The van der Waals surface area contributed by atoms with E-state index < -0.39 is 164 Å². The molecule has 4 rings (SSSR count). The summed E-state index contributed by atoms with van der Waals surface area (Å²) in [6.07, 6.45) is -17.8. The van der Waals surface area contributed by atoms with Crippen LogP contribution in [-0.4, -0.2) is 270 Å². The second kappa shape index (κ2) is 33.8. The van der Waals surface area contributed by atoms with Gasteiger partial charge in [-0.25, -0.2) is 0 Å². The number of methoxy groups -OCH3 is 2. The lowest BCUT2D eigenvalue weighted by Gasteiger charge is -2.48. The van der Waals surface area contributed by atoms with E-state index in [-0.39, 0.29) is 46.2 Å². The molecule has 4 fully saturated rings. The van der Waals surface area contributed by atoms with Gasteiger partial charge in [-0.2, -0.15) is 0 Å². The van der Waals surface area contributed by atoms with E-state index in [0.29, 0.717) is 57.7 Å². The Hall–Kier alpha value is -1.78. The van der Waals surface area contributed by atoms with Crippen LogP contribution < -0.4 is 5.32 Å². The Morgan fingerprint density at radius 2 is 1.04 bits per heavy atom. The Morgan fingerprint density at radius 1 is 0.550 bits per heavy atom. The molecule has 0 saturated carbocycles. The van der Waals surface area contributed by atoms with Crippen molar-refractivity contribution in [1.82, 2.24) is 5.32 Å². The molecule has 0 bridgehead atoms. The average Bonchev–Trinajstić information content (AvgIpc) is 3.40. The maximum atomic E-state index is 12.0. The molecule has 1 amide bonds. The molecule has 4 aliphatic heterocycles. The molecule has 0 radical (unpaired) electrons. The first-order valence-electron chi connectivity index (χ1n) is 28.3. The summed E-state index contributed by atoms with van der Waals surface area (Å²) in [7, 11) is 2.84. The van der Waals surface area contributed by atoms with Gasteiger partial charge in [0.2, 0.25) is 5.91 Å². The Kier molecular flexibility index (Phi) is 29.9. The Balaban J connectivity index is 1.24. The first-order valence-corrected chi connectivity index (χ1v) is 28.3. The lowest BCUT2D eigenvalue weighted by molar-refractivity contribution is -0.349. The summed E-state index contributed by atoms with van der Waals surface area (Å²) in [6.45, 7) is 13.7. The normalized spacial score (nSPS) is 37.0. The van der Waals surface area contributed by atoms with E-state index in [1.165, 1.54) is 28.1 Å². The van der Waals surface area contributed by atoms with Crippen LogP contribution in [0.1, 0.15) is 114 Å². The molecule has 4 heterocycles. The van der Waals surface area contributed by atoms with Gasteiger partial charge >= 0.3 is 0 Å². The highest BCUT2D eigenvalue weighted by Gasteiger charge is 2.52. The molecule has 0 spiro atoms.